The zero-order chi connectivity index (χ0) is 18.9. The van der Waals surface area contributed by atoms with Crippen LogP contribution < -0.4 is 15.4 Å². The van der Waals surface area contributed by atoms with Gasteiger partial charge in [-0.2, -0.15) is 5.26 Å². The van der Waals surface area contributed by atoms with Gasteiger partial charge in [0.05, 0.1) is 24.8 Å². The fourth-order valence-corrected chi connectivity index (χ4v) is 2.69. The standard InChI is InChI=1S/C20H23N3O3/c1-14(9-15-3-6-18(26-2)7-4-15)22-12-17(11-21)16-5-8-20(25)19(10-16)23-13-24/h3-8,10,13-14,17,22,25H,9,12H2,1-2H3,(H,23,24). The predicted octanol–water partition coefficient (Wildman–Crippen LogP) is 2.80. The molecule has 26 heavy (non-hydrogen) atoms. The van der Waals surface area contributed by atoms with E-state index >= 15 is 0 Å². The molecule has 6 heteroatoms. The van der Waals surface area contributed by atoms with Gasteiger partial charge in [0.1, 0.15) is 11.5 Å². The first-order valence-electron chi connectivity index (χ1n) is 8.36. The number of nitrogens with zero attached hydrogens (tertiary/aromatic N) is 1. The topological polar surface area (TPSA) is 94.4 Å². The van der Waals surface area contributed by atoms with Gasteiger partial charge in [-0.1, -0.05) is 18.2 Å². The summed E-state index contributed by atoms with van der Waals surface area (Å²) in [6.45, 7) is 2.54. The van der Waals surface area contributed by atoms with Gasteiger partial charge in [0.15, 0.2) is 0 Å². The summed E-state index contributed by atoms with van der Waals surface area (Å²) in [6.07, 6.45) is 1.32. The zero-order valence-electron chi connectivity index (χ0n) is 14.9. The lowest BCUT2D eigenvalue weighted by Crippen LogP contribution is -2.31. The molecule has 0 aliphatic heterocycles. The van der Waals surface area contributed by atoms with Crippen molar-refractivity contribution in [3.63, 3.8) is 0 Å². The van der Waals surface area contributed by atoms with Gasteiger partial charge in [0, 0.05) is 12.6 Å². The number of nitrogens with one attached hydrogen (secondary N) is 2. The highest BCUT2D eigenvalue weighted by molar-refractivity contribution is 5.75. The second kappa shape index (κ2) is 9.44. The number of carbonyl (C=O) groups is 1. The average molecular weight is 353 g/mol. The largest absolute Gasteiger partial charge is 0.506 e. The summed E-state index contributed by atoms with van der Waals surface area (Å²) >= 11 is 0. The molecule has 0 radical (unpaired) electrons. The van der Waals surface area contributed by atoms with E-state index < -0.39 is 0 Å². The lowest BCUT2D eigenvalue weighted by molar-refractivity contribution is -0.105. The van der Waals surface area contributed by atoms with Crippen LogP contribution in [-0.2, 0) is 11.2 Å². The fraction of sp³-hybridized carbons (Fsp3) is 0.300. The number of hydrogen-bond acceptors (Lipinski definition) is 5. The highest BCUT2D eigenvalue weighted by Crippen LogP contribution is 2.27. The van der Waals surface area contributed by atoms with Crippen molar-refractivity contribution in [2.24, 2.45) is 0 Å². The molecule has 0 aromatic heterocycles. The van der Waals surface area contributed by atoms with Gasteiger partial charge in [-0.25, -0.2) is 0 Å². The lowest BCUT2D eigenvalue weighted by atomic mass is 9.98. The molecule has 0 fully saturated rings. The summed E-state index contributed by atoms with van der Waals surface area (Å²) in [5.41, 5.74) is 2.21. The molecule has 0 spiro atoms. The molecule has 1 amide bonds. The minimum absolute atomic E-state index is 0.0293. The summed E-state index contributed by atoms with van der Waals surface area (Å²) < 4.78 is 5.16. The van der Waals surface area contributed by atoms with Crippen LogP contribution in [0.2, 0.25) is 0 Å². The van der Waals surface area contributed by atoms with Crippen molar-refractivity contribution < 1.29 is 14.6 Å². The maximum Gasteiger partial charge on any atom is 0.211 e. The van der Waals surface area contributed by atoms with E-state index in [4.69, 9.17) is 4.74 Å². The van der Waals surface area contributed by atoms with Gasteiger partial charge in [-0.15, -0.1) is 0 Å². The van der Waals surface area contributed by atoms with Gasteiger partial charge >= 0.3 is 0 Å². The monoisotopic (exact) mass is 353 g/mol. The zero-order valence-corrected chi connectivity index (χ0v) is 14.9. The van der Waals surface area contributed by atoms with Crippen LogP contribution in [0.15, 0.2) is 42.5 Å². The van der Waals surface area contributed by atoms with Gasteiger partial charge in [-0.05, 0) is 48.7 Å². The summed E-state index contributed by atoms with van der Waals surface area (Å²) in [7, 11) is 1.64. The summed E-state index contributed by atoms with van der Waals surface area (Å²) in [5.74, 6) is 0.408. The number of phenols is 1. The first-order chi connectivity index (χ1) is 12.6. The quantitative estimate of drug-likeness (QED) is 0.476. The van der Waals surface area contributed by atoms with E-state index in [0.29, 0.717) is 18.6 Å². The molecule has 2 atom stereocenters. The fourth-order valence-electron chi connectivity index (χ4n) is 2.69. The average Bonchev–Trinajstić information content (AvgIpc) is 2.65. The number of carbonyl (C=O) groups excluding carboxylic acids is 1. The molecule has 0 aliphatic rings. The number of rotatable bonds is 9. The Labute approximate surface area is 153 Å². The van der Waals surface area contributed by atoms with Crippen molar-refractivity contribution in [1.29, 1.82) is 5.26 Å². The van der Waals surface area contributed by atoms with Crippen LogP contribution >= 0.6 is 0 Å². The molecule has 2 unspecified atom stereocenters. The first kappa shape index (κ1) is 19.3. The number of methoxy groups -OCH3 is 1. The molecule has 0 saturated heterocycles. The van der Waals surface area contributed by atoms with Crippen molar-refractivity contribution >= 4 is 12.1 Å². The highest BCUT2D eigenvalue weighted by atomic mass is 16.5. The van der Waals surface area contributed by atoms with Crippen LogP contribution in [0.4, 0.5) is 5.69 Å². The summed E-state index contributed by atoms with van der Waals surface area (Å²) in [4.78, 5) is 10.6. The number of anilines is 1. The number of amides is 1. The van der Waals surface area contributed by atoms with Crippen molar-refractivity contribution in [1.82, 2.24) is 5.32 Å². The number of ether oxygens (including phenoxy) is 1. The molecule has 3 N–H and O–H groups in total. The van der Waals surface area contributed by atoms with E-state index in [1.165, 1.54) is 11.6 Å². The van der Waals surface area contributed by atoms with Crippen LogP contribution in [0.3, 0.4) is 0 Å². The van der Waals surface area contributed by atoms with Crippen molar-refractivity contribution in [3.8, 4) is 17.6 Å². The Hall–Kier alpha value is -3.04. The molecular formula is C20H23N3O3. The highest BCUT2D eigenvalue weighted by Gasteiger charge is 2.14. The maximum absolute atomic E-state index is 10.6. The molecule has 0 aliphatic carbocycles. The minimum Gasteiger partial charge on any atom is -0.506 e. The maximum atomic E-state index is 10.6. The molecular weight excluding hydrogens is 330 g/mol. The van der Waals surface area contributed by atoms with Gasteiger partial charge in [0.25, 0.3) is 0 Å². The second-order valence-corrected chi connectivity index (χ2v) is 6.08. The second-order valence-electron chi connectivity index (χ2n) is 6.08. The van der Waals surface area contributed by atoms with Gasteiger partial charge < -0.3 is 20.5 Å². The Morgan fingerprint density at radius 2 is 2.00 bits per heavy atom. The molecule has 2 aromatic rings. The predicted molar refractivity (Wildman–Crippen MR) is 100 cm³/mol. The molecule has 6 nitrogen and oxygen atoms in total. The number of benzene rings is 2. The van der Waals surface area contributed by atoms with Gasteiger partial charge in [0.2, 0.25) is 6.41 Å². The van der Waals surface area contributed by atoms with E-state index in [0.717, 1.165) is 17.7 Å². The molecule has 2 aromatic carbocycles. The Morgan fingerprint density at radius 3 is 2.62 bits per heavy atom. The van der Waals surface area contributed by atoms with E-state index in [1.807, 2.05) is 24.3 Å². The number of nitriles is 1. The van der Waals surface area contributed by atoms with E-state index in [9.17, 15) is 15.2 Å². The first-order valence-corrected chi connectivity index (χ1v) is 8.36. The Balaban J connectivity index is 1.96. The number of phenolic OH excluding ortho intramolecular Hbond substituents is 1. The van der Waals surface area contributed by atoms with Crippen LogP contribution in [0.5, 0.6) is 11.5 Å². The Kier molecular flexibility index (Phi) is 7.01. The number of aromatic hydroxyl groups is 1. The molecule has 0 heterocycles. The smallest absolute Gasteiger partial charge is 0.211 e. The molecule has 2 rings (SSSR count). The van der Waals surface area contributed by atoms with Crippen LogP contribution in [0.25, 0.3) is 0 Å². The summed E-state index contributed by atoms with van der Waals surface area (Å²) in [5, 5.41) is 25.0. The third-order valence-electron chi connectivity index (χ3n) is 4.16. The Morgan fingerprint density at radius 1 is 1.27 bits per heavy atom. The number of hydrogen-bond donors (Lipinski definition) is 3. The summed E-state index contributed by atoms with van der Waals surface area (Å²) in [6, 6.07) is 15.1. The van der Waals surface area contributed by atoms with Crippen LogP contribution in [0, 0.1) is 11.3 Å². The minimum atomic E-state index is -0.388. The van der Waals surface area contributed by atoms with E-state index in [2.05, 4.69) is 23.6 Å². The normalized spacial score (nSPS) is 12.7. The van der Waals surface area contributed by atoms with Crippen LogP contribution in [-0.4, -0.2) is 31.2 Å². The van der Waals surface area contributed by atoms with E-state index in [-0.39, 0.29) is 17.7 Å². The molecule has 0 bridgehead atoms. The van der Waals surface area contributed by atoms with Crippen molar-refractivity contribution in [2.75, 3.05) is 19.0 Å². The third-order valence-corrected chi connectivity index (χ3v) is 4.16. The van der Waals surface area contributed by atoms with E-state index in [1.54, 1.807) is 19.2 Å². The molecule has 0 saturated carbocycles. The van der Waals surface area contributed by atoms with Crippen molar-refractivity contribution in [3.05, 3.63) is 53.6 Å². The Bertz CT molecular complexity index is 769. The third kappa shape index (κ3) is 5.23. The lowest BCUT2D eigenvalue weighted by Gasteiger charge is -2.17. The SMILES string of the molecule is COc1ccc(CC(C)NCC(C#N)c2ccc(O)c(NC=O)c2)cc1. The van der Waals surface area contributed by atoms with Gasteiger partial charge in [-0.3, -0.25) is 4.79 Å². The van der Waals surface area contributed by atoms with Crippen LogP contribution in [0.1, 0.15) is 24.0 Å². The molecule has 136 valence electrons. The van der Waals surface area contributed by atoms with Crippen molar-refractivity contribution in [2.45, 2.75) is 25.3 Å².